The molecule has 74 valence electrons. The molecule has 1 rings (SSSR count). The van der Waals surface area contributed by atoms with E-state index in [2.05, 4.69) is 0 Å². The Kier molecular flexibility index (Phi) is 2.57. The summed E-state index contributed by atoms with van der Waals surface area (Å²) in [6.45, 7) is 4.60. The first-order chi connectivity index (χ1) is 6.38. The molecule has 0 bridgehead atoms. The van der Waals surface area contributed by atoms with Gasteiger partial charge in [0, 0.05) is 5.56 Å². The van der Waals surface area contributed by atoms with Gasteiger partial charge in [-0.25, -0.2) is 8.78 Å². The molecule has 0 aliphatic rings. The number of halogens is 2. The minimum Gasteiger partial charge on any atom is -0.207 e. The van der Waals surface area contributed by atoms with Crippen LogP contribution in [-0.2, 0) is 5.41 Å². The van der Waals surface area contributed by atoms with Gasteiger partial charge in [0.2, 0.25) is 0 Å². The minimum absolute atomic E-state index is 0.100. The second kappa shape index (κ2) is 3.38. The Morgan fingerprint density at radius 2 is 1.79 bits per heavy atom. The molecule has 1 aromatic carbocycles. The molecular weight excluding hydrogens is 184 g/mol. The van der Waals surface area contributed by atoms with Crippen molar-refractivity contribution in [3.05, 3.63) is 34.9 Å². The van der Waals surface area contributed by atoms with Gasteiger partial charge in [-0.3, -0.25) is 0 Å². The SMILES string of the molecule is Cc1cc(F)c(C(C)(C)C#N)cc1F. The van der Waals surface area contributed by atoms with Crippen molar-refractivity contribution in [2.75, 3.05) is 0 Å². The van der Waals surface area contributed by atoms with E-state index in [1.165, 1.54) is 6.92 Å². The van der Waals surface area contributed by atoms with Crippen molar-refractivity contribution >= 4 is 0 Å². The fraction of sp³-hybridized carbons (Fsp3) is 0.364. The number of rotatable bonds is 1. The predicted molar refractivity (Wildman–Crippen MR) is 49.7 cm³/mol. The lowest BCUT2D eigenvalue weighted by atomic mass is 9.85. The summed E-state index contributed by atoms with van der Waals surface area (Å²) in [5, 5.41) is 8.79. The zero-order valence-corrected chi connectivity index (χ0v) is 8.36. The molecule has 0 unspecified atom stereocenters. The quantitative estimate of drug-likeness (QED) is 0.675. The van der Waals surface area contributed by atoms with Gasteiger partial charge in [-0.15, -0.1) is 0 Å². The number of benzene rings is 1. The number of aryl methyl sites for hydroxylation is 1. The van der Waals surface area contributed by atoms with Crippen molar-refractivity contribution in [2.45, 2.75) is 26.2 Å². The maximum atomic E-state index is 13.4. The smallest absolute Gasteiger partial charge is 0.128 e. The van der Waals surface area contributed by atoms with E-state index in [1.807, 2.05) is 6.07 Å². The summed E-state index contributed by atoms with van der Waals surface area (Å²) >= 11 is 0. The van der Waals surface area contributed by atoms with E-state index in [0.717, 1.165) is 12.1 Å². The highest BCUT2D eigenvalue weighted by atomic mass is 19.1. The molecule has 0 saturated heterocycles. The first kappa shape index (κ1) is 10.6. The van der Waals surface area contributed by atoms with Crippen molar-refractivity contribution in [3.63, 3.8) is 0 Å². The second-order valence-corrected chi connectivity index (χ2v) is 3.82. The summed E-state index contributed by atoms with van der Waals surface area (Å²) in [5.74, 6) is -1.01. The van der Waals surface area contributed by atoms with Crippen molar-refractivity contribution < 1.29 is 8.78 Å². The summed E-state index contributed by atoms with van der Waals surface area (Å²) in [6.07, 6.45) is 0. The molecule has 14 heavy (non-hydrogen) atoms. The molecule has 0 N–H and O–H groups in total. The highest BCUT2D eigenvalue weighted by molar-refractivity contribution is 5.34. The highest BCUT2D eigenvalue weighted by Gasteiger charge is 2.24. The van der Waals surface area contributed by atoms with Crippen molar-refractivity contribution in [1.29, 1.82) is 5.26 Å². The molecule has 0 heterocycles. The van der Waals surface area contributed by atoms with E-state index in [1.54, 1.807) is 13.8 Å². The predicted octanol–water partition coefficient (Wildman–Crippen LogP) is 3.07. The minimum atomic E-state index is -1.00. The Balaban J connectivity index is 3.38. The lowest BCUT2D eigenvalue weighted by molar-refractivity contribution is 0.543. The van der Waals surface area contributed by atoms with E-state index in [0.29, 0.717) is 0 Å². The average Bonchev–Trinajstić information content (AvgIpc) is 2.11. The molecule has 0 radical (unpaired) electrons. The standard InChI is InChI=1S/C11H11F2N/c1-7-4-10(13)8(5-9(7)12)11(2,3)6-14/h4-5H,1-3H3. The number of nitrogens with zero attached hydrogens (tertiary/aromatic N) is 1. The van der Waals surface area contributed by atoms with Crippen LogP contribution in [0.2, 0.25) is 0 Å². The molecular formula is C11H11F2N. The van der Waals surface area contributed by atoms with Gasteiger partial charge in [0.25, 0.3) is 0 Å². The molecule has 0 aliphatic carbocycles. The zero-order chi connectivity index (χ0) is 10.9. The maximum Gasteiger partial charge on any atom is 0.128 e. The van der Waals surface area contributed by atoms with Gasteiger partial charge in [-0.2, -0.15) is 5.26 Å². The monoisotopic (exact) mass is 195 g/mol. The average molecular weight is 195 g/mol. The van der Waals surface area contributed by atoms with Gasteiger partial charge in [0.15, 0.2) is 0 Å². The van der Waals surface area contributed by atoms with Crippen LogP contribution in [0.3, 0.4) is 0 Å². The third kappa shape index (κ3) is 1.74. The van der Waals surface area contributed by atoms with E-state index < -0.39 is 17.0 Å². The van der Waals surface area contributed by atoms with E-state index in [9.17, 15) is 8.78 Å². The van der Waals surface area contributed by atoms with Crippen LogP contribution in [0.15, 0.2) is 12.1 Å². The third-order valence-corrected chi connectivity index (χ3v) is 2.20. The van der Waals surface area contributed by atoms with E-state index >= 15 is 0 Å². The largest absolute Gasteiger partial charge is 0.207 e. The Bertz CT molecular complexity index is 402. The fourth-order valence-corrected chi connectivity index (χ4v) is 1.19. The molecule has 0 spiro atoms. The van der Waals surface area contributed by atoms with Crippen LogP contribution in [0.4, 0.5) is 8.78 Å². The Hall–Kier alpha value is -1.43. The highest BCUT2D eigenvalue weighted by Crippen LogP contribution is 2.26. The Morgan fingerprint density at radius 1 is 1.21 bits per heavy atom. The normalized spacial score (nSPS) is 11.1. The van der Waals surface area contributed by atoms with Gasteiger partial charge in [-0.1, -0.05) is 0 Å². The summed E-state index contributed by atoms with van der Waals surface area (Å²) in [7, 11) is 0. The van der Waals surface area contributed by atoms with Crippen LogP contribution in [0, 0.1) is 29.9 Å². The number of hydrogen-bond acceptors (Lipinski definition) is 1. The summed E-state index contributed by atoms with van der Waals surface area (Å²) < 4.78 is 26.5. The van der Waals surface area contributed by atoms with Gasteiger partial charge in [0.1, 0.15) is 11.6 Å². The first-order valence-corrected chi connectivity index (χ1v) is 4.26. The van der Waals surface area contributed by atoms with E-state index in [-0.39, 0.29) is 11.1 Å². The lowest BCUT2D eigenvalue weighted by Crippen LogP contribution is -2.16. The third-order valence-electron chi connectivity index (χ3n) is 2.20. The summed E-state index contributed by atoms with van der Waals surface area (Å²) in [4.78, 5) is 0. The molecule has 0 atom stereocenters. The molecule has 3 heteroatoms. The Morgan fingerprint density at radius 3 is 2.29 bits per heavy atom. The van der Waals surface area contributed by atoms with Gasteiger partial charge >= 0.3 is 0 Å². The molecule has 0 aliphatic heterocycles. The fourth-order valence-electron chi connectivity index (χ4n) is 1.19. The summed E-state index contributed by atoms with van der Waals surface area (Å²) in [5.41, 5.74) is -0.651. The van der Waals surface area contributed by atoms with Crippen molar-refractivity contribution in [2.24, 2.45) is 0 Å². The van der Waals surface area contributed by atoms with Crippen LogP contribution < -0.4 is 0 Å². The molecule has 0 saturated carbocycles. The molecule has 0 amide bonds. The summed E-state index contributed by atoms with van der Waals surface area (Å²) in [6, 6.07) is 4.14. The van der Waals surface area contributed by atoms with Crippen LogP contribution in [0.5, 0.6) is 0 Å². The van der Waals surface area contributed by atoms with Gasteiger partial charge in [0.05, 0.1) is 11.5 Å². The van der Waals surface area contributed by atoms with Crippen LogP contribution >= 0.6 is 0 Å². The molecule has 1 aromatic rings. The lowest BCUT2D eigenvalue weighted by Gasteiger charge is -2.17. The van der Waals surface area contributed by atoms with Crippen LogP contribution in [0.1, 0.15) is 25.0 Å². The number of hydrogen-bond donors (Lipinski definition) is 0. The first-order valence-electron chi connectivity index (χ1n) is 4.26. The van der Waals surface area contributed by atoms with Crippen LogP contribution in [0.25, 0.3) is 0 Å². The van der Waals surface area contributed by atoms with Crippen molar-refractivity contribution in [1.82, 2.24) is 0 Å². The zero-order valence-electron chi connectivity index (χ0n) is 8.36. The number of nitriles is 1. The maximum absolute atomic E-state index is 13.4. The molecule has 1 nitrogen and oxygen atoms in total. The second-order valence-electron chi connectivity index (χ2n) is 3.82. The Labute approximate surface area is 82.0 Å². The van der Waals surface area contributed by atoms with Crippen LogP contribution in [-0.4, -0.2) is 0 Å². The van der Waals surface area contributed by atoms with Gasteiger partial charge in [-0.05, 0) is 38.5 Å². The van der Waals surface area contributed by atoms with E-state index in [4.69, 9.17) is 5.26 Å². The topological polar surface area (TPSA) is 23.8 Å². The van der Waals surface area contributed by atoms with Crippen molar-refractivity contribution in [3.8, 4) is 6.07 Å². The molecule has 0 fully saturated rings. The molecule has 0 aromatic heterocycles. The van der Waals surface area contributed by atoms with Gasteiger partial charge < -0.3 is 0 Å².